The Kier molecular flexibility index (Phi) is 5.38. The van der Waals surface area contributed by atoms with Gasteiger partial charge in [-0.05, 0) is 38.1 Å². The molecule has 0 aliphatic heterocycles. The zero-order chi connectivity index (χ0) is 17.1. The first-order chi connectivity index (χ1) is 10.8. The van der Waals surface area contributed by atoms with Crippen LogP contribution in [0.3, 0.4) is 0 Å². The molecule has 1 heterocycles. The molecule has 0 spiro atoms. The minimum absolute atomic E-state index is 0.0748. The number of nitrogens with zero attached hydrogens (tertiary/aromatic N) is 3. The van der Waals surface area contributed by atoms with Gasteiger partial charge in [-0.3, -0.25) is 9.36 Å². The van der Waals surface area contributed by atoms with Crippen molar-refractivity contribution in [3.05, 3.63) is 35.9 Å². The molecular formula is C15H21FN5OS+. The molecule has 23 heavy (non-hydrogen) atoms. The molecule has 2 rings (SSSR count). The van der Waals surface area contributed by atoms with Gasteiger partial charge >= 0.3 is 0 Å². The van der Waals surface area contributed by atoms with Crippen LogP contribution in [0.15, 0.2) is 29.4 Å². The SMILES string of the molecule is C[C@H](Sc1nnc([C@@H](C)[NH+](C)C)n1-c1ccc(F)cc1)C(N)=O. The van der Waals surface area contributed by atoms with E-state index < -0.39 is 11.2 Å². The number of hydrogen-bond acceptors (Lipinski definition) is 4. The quantitative estimate of drug-likeness (QED) is 0.755. The molecule has 1 amide bonds. The monoisotopic (exact) mass is 338 g/mol. The second-order valence-corrected chi connectivity index (χ2v) is 6.92. The van der Waals surface area contributed by atoms with Crippen molar-refractivity contribution in [2.75, 3.05) is 14.1 Å². The van der Waals surface area contributed by atoms with E-state index in [-0.39, 0.29) is 11.9 Å². The first-order valence-electron chi connectivity index (χ1n) is 7.28. The summed E-state index contributed by atoms with van der Waals surface area (Å²) in [6.45, 7) is 3.75. The van der Waals surface area contributed by atoms with Crippen LogP contribution in [0.25, 0.3) is 5.69 Å². The van der Waals surface area contributed by atoms with Gasteiger partial charge < -0.3 is 10.6 Å². The van der Waals surface area contributed by atoms with Gasteiger partial charge in [0.15, 0.2) is 11.0 Å². The molecule has 8 heteroatoms. The Hall–Kier alpha value is -1.93. The molecule has 3 N–H and O–H groups in total. The van der Waals surface area contributed by atoms with Crippen molar-refractivity contribution >= 4 is 17.7 Å². The van der Waals surface area contributed by atoms with E-state index in [4.69, 9.17) is 5.73 Å². The number of rotatable bonds is 6. The molecule has 0 aliphatic rings. The normalized spacial score (nSPS) is 14.0. The lowest BCUT2D eigenvalue weighted by molar-refractivity contribution is -0.890. The van der Waals surface area contributed by atoms with Gasteiger partial charge in [0, 0.05) is 5.69 Å². The van der Waals surface area contributed by atoms with Crippen LogP contribution in [-0.4, -0.2) is 40.0 Å². The van der Waals surface area contributed by atoms with Crippen LogP contribution in [0.5, 0.6) is 0 Å². The third-order valence-electron chi connectivity index (χ3n) is 3.68. The second kappa shape index (κ2) is 7.10. The molecule has 0 radical (unpaired) electrons. The maximum atomic E-state index is 13.2. The Morgan fingerprint density at radius 1 is 1.26 bits per heavy atom. The van der Waals surface area contributed by atoms with Gasteiger partial charge in [0.25, 0.3) is 0 Å². The average Bonchev–Trinajstić information content (AvgIpc) is 2.90. The number of nitrogens with two attached hydrogens (primary N) is 1. The molecule has 2 atom stereocenters. The Morgan fingerprint density at radius 2 is 1.87 bits per heavy atom. The average molecular weight is 338 g/mol. The van der Waals surface area contributed by atoms with Gasteiger partial charge in [-0.2, -0.15) is 0 Å². The highest BCUT2D eigenvalue weighted by Gasteiger charge is 2.25. The van der Waals surface area contributed by atoms with Crippen LogP contribution in [0, 0.1) is 5.82 Å². The number of carbonyl (C=O) groups excluding carboxylic acids is 1. The van der Waals surface area contributed by atoms with Crippen LogP contribution in [0.1, 0.15) is 25.7 Å². The number of primary amides is 1. The smallest absolute Gasteiger partial charge is 0.230 e. The van der Waals surface area contributed by atoms with E-state index in [0.717, 1.165) is 11.5 Å². The van der Waals surface area contributed by atoms with Gasteiger partial charge in [-0.25, -0.2) is 4.39 Å². The van der Waals surface area contributed by atoms with Gasteiger partial charge in [-0.1, -0.05) is 11.8 Å². The summed E-state index contributed by atoms with van der Waals surface area (Å²) in [6, 6.07) is 6.18. The van der Waals surface area contributed by atoms with Crippen LogP contribution >= 0.6 is 11.8 Å². The van der Waals surface area contributed by atoms with Gasteiger partial charge in [0.1, 0.15) is 11.9 Å². The first-order valence-corrected chi connectivity index (χ1v) is 8.16. The summed E-state index contributed by atoms with van der Waals surface area (Å²) in [5.74, 6) is 0.0154. The fourth-order valence-corrected chi connectivity index (χ4v) is 2.77. The van der Waals surface area contributed by atoms with Crippen molar-refractivity contribution in [2.24, 2.45) is 5.73 Å². The zero-order valence-electron chi connectivity index (χ0n) is 13.6. The summed E-state index contributed by atoms with van der Waals surface area (Å²) in [7, 11) is 4.04. The number of aromatic nitrogens is 3. The van der Waals surface area contributed by atoms with E-state index in [1.165, 1.54) is 28.8 Å². The van der Waals surface area contributed by atoms with E-state index in [0.29, 0.717) is 5.16 Å². The van der Waals surface area contributed by atoms with Crippen molar-refractivity contribution in [3.8, 4) is 5.69 Å². The van der Waals surface area contributed by atoms with Crippen LogP contribution in [-0.2, 0) is 4.79 Å². The molecule has 0 saturated heterocycles. The molecule has 1 aromatic carbocycles. The molecular weight excluding hydrogens is 317 g/mol. The highest BCUT2D eigenvalue weighted by Crippen LogP contribution is 2.27. The summed E-state index contributed by atoms with van der Waals surface area (Å²) in [5.41, 5.74) is 6.09. The van der Waals surface area contributed by atoms with Crippen LogP contribution in [0.2, 0.25) is 0 Å². The largest absolute Gasteiger partial charge is 0.369 e. The highest BCUT2D eigenvalue weighted by atomic mass is 32.2. The minimum Gasteiger partial charge on any atom is -0.369 e. The number of carbonyl (C=O) groups is 1. The van der Waals surface area contributed by atoms with Gasteiger partial charge in [0.05, 0.1) is 19.3 Å². The summed E-state index contributed by atoms with van der Waals surface area (Å²) in [4.78, 5) is 12.5. The number of hydrogen-bond donors (Lipinski definition) is 2. The van der Waals surface area contributed by atoms with Crippen molar-refractivity contribution in [3.63, 3.8) is 0 Å². The van der Waals surface area contributed by atoms with Crippen molar-refractivity contribution in [2.45, 2.75) is 30.3 Å². The third-order valence-corrected chi connectivity index (χ3v) is 4.74. The predicted octanol–water partition coefficient (Wildman–Crippen LogP) is 0.578. The van der Waals surface area contributed by atoms with Gasteiger partial charge in [0.2, 0.25) is 5.91 Å². The summed E-state index contributed by atoms with van der Waals surface area (Å²) < 4.78 is 15.1. The van der Waals surface area contributed by atoms with Crippen molar-refractivity contribution in [1.82, 2.24) is 14.8 Å². The third kappa shape index (κ3) is 3.89. The first kappa shape index (κ1) is 17.4. The number of thioether (sulfide) groups is 1. The Morgan fingerprint density at radius 3 is 2.39 bits per heavy atom. The zero-order valence-corrected chi connectivity index (χ0v) is 14.4. The molecule has 0 unspecified atom stereocenters. The highest BCUT2D eigenvalue weighted by molar-refractivity contribution is 8.00. The van der Waals surface area contributed by atoms with E-state index in [2.05, 4.69) is 10.2 Å². The number of halogens is 1. The van der Waals surface area contributed by atoms with Gasteiger partial charge in [-0.15, -0.1) is 10.2 Å². The number of nitrogens with one attached hydrogen (secondary N) is 1. The summed E-state index contributed by atoms with van der Waals surface area (Å²) >= 11 is 1.24. The van der Waals surface area contributed by atoms with Crippen molar-refractivity contribution < 1.29 is 14.1 Å². The minimum atomic E-state index is -0.437. The number of amides is 1. The summed E-state index contributed by atoms with van der Waals surface area (Å²) in [6.07, 6.45) is 0. The number of benzene rings is 1. The fraction of sp³-hybridized carbons (Fsp3) is 0.400. The van der Waals surface area contributed by atoms with Crippen LogP contribution in [0.4, 0.5) is 4.39 Å². The molecule has 124 valence electrons. The summed E-state index contributed by atoms with van der Waals surface area (Å²) in [5, 5.41) is 8.60. The lowest BCUT2D eigenvalue weighted by Gasteiger charge is -2.18. The van der Waals surface area contributed by atoms with Crippen molar-refractivity contribution in [1.29, 1.82) is 0 Å². The fourth-order valence-electron chi connectivity index (χ4n) is 1.95. The Balaban J connectivity index is 2.51. The Labute approximate surface area is 138 Å². The lowest BCUT2D eigenvalue weighted by atomic mass is 10.2. The van der Waals surface area contributed by atoms with E-state index in [1.54, 1.807) is 19.1 Å². The molecule has 0 saturated carbocycles. The standard InChI is InChI=1S/C15H20FN5OS/c1-9(20(3)4)14-18-19-15(23-10(2)13(17)22)21(14)12-7-5-11(16)6-8-12/h5-10H,1-4H3,(H2,17,22)/p+1/t9-,10+/m1/s1. The molecule has 1 aromatic heterocycles. The van der Waals surface area contributed by atoms with Crippen LogP contribution < -0.4 is 10.6 Å². The molecule has 0 bridgehead atoms. The topological polar surface area (TPSA) is 78.2 Å². The second-order valence-electron chi connectivity index (χ2n) is 5.61. The van der Waals surface area contributed by atoms with E-state index in [9.17, 15) is 9.18 Å². The maximum absolute atomic E-state index is 13.2. The molecule has 2 aromatic rings. The Bertz CT molecular complexity index is 686. The lowest BCUT2D eigenvalue weighted by Crippen LogP contribution is -3.05. The maximum Gasteiger partial charge on any atom is 0.230 e. The predicted molar refractivity (Wildman–Crippen MR) is 87.1 cm³/mol. The van der Waals surface area contributed by atoms with E-state index in [1.807, 2.05) is 25.6 Å². The van der Waals surface area contributed by atoms with E-state index >= 15 is 0 Å². The number of quaternary nitrogens is 1. The molecule has 6 nitrogen and oxygen atoms in total. The molecule has 0 fully saturated rings. The molecule has 0 aliphatic carbocycles.